The molecule has 6 nitrogen and oxygen atoms in total. The molecule has 0 spiro atoms. The Morgan fingerprint density at radius 3 is 2.38 bits per heavy atom. The summed E-state index contributed by atoms with van der Waals surface area (Å²) in [5, 5.41) is 19.0. The van der Waals surface area contributed by atoms with Crippen LogP contribution in [0.1, 0.15) is 5.56 Å². The van der Waals surface area contributed by atoms with Crippen LogP contribution in [0.5, 0.6) is 0 Å². The van der Waals surface area contributed by atoms with Gasteiger partial charge in [0.15, 0.2) is 0 Å². The number of hydrogen-bond acceptors (Lipinski definition) is 4. The molecule has 0 saturated heterocycles. The molecule has 0 fully saturated rings. The van der Waals surface area contributed by atoms with Crippen LogP contribution in [0.3, 0.4) is 0 Å². The maximum atomic E-state index is 10.6. The van der Waals surface area contributed by atoms with Gasteiger partial charge in [-0.05, 0) is 23.8 Å². The highest BCUT2D eigenvalue weighted by Gasteiger charge is 2.08. The van der Waals surface area contributed by atoms with E-state index in [0.717, 1.165) is 0 Å². The molecule has 0 aliphatic heterocycles. The zero-order valence-corrected chi connectivity index (χ0v) is 8.41. The van der Waals surface area contributed by atoms with Gasteiger partial charge in [-0.25, -0.2) is 4.79 Å². The van der Waals surface area contributed by atoms with Crippen molar-refractivity contribution in [3.63, 3.8) is 0 Å². The molecule has 1 rings (SSSR count). The lowest BCUT2D eigenvalue weighted by Gasteiger charge is -1.99. The maximum absolute atomic E-state index is 10.6. The highest BCUT2D eigenvalue weighted by Crippen LogP contribution is 2.14. The average Bonchev–Trinajstić information content (AvgIpc) is 2.26. The number of nitro benzene ring substituents is 1. The van der Waals surface area contributed by atoms with Crippen molar-refractivity contribution < 1.29 is 19.6 Å². The molecule has 0 bridgehead atoms. The van der Waals surface area contributed by atoms with Crippen LogP contribution in [0.15, 0.2) is 30.0 Å². The molecule has 1 aromatic carbocycles. The lowest BCUT2D eigenvalue weighted by Crippen LogP contribution is -2.01. The van der Waals surface area contributed by atoms with E-state index in [1.54, 1.807) is 0 Å². The summed E-state index contributed by atoms with van der Waals surface area (Å²) in [5.41, 5.74) is 0.469. The van der Waals surface area contributed by atoms with E-state index < -0.39 is 10.9 Å². The van der Waals surface area contributed by atoms with Crippen molar-refractivity contribution in [1.82, 2.24) is 0 Å². The van der Waals surface area contributed by atoms with E-state index in [1.807, 2.05) is 0 Å². The quantitative estimate of drug-likeness (QED) is 0.363. The van der Waals surface area contributed by atoms with E-state index in [1.165, 1.54) is 37.5 Å². The van der Waals surface area contributed by atoms with Crippen LogP contribution in [0.4, 0.5) is 5.69 Å². The molecule has 1 aromatic rings. The minimum atomic E-state index is -1.19. The third-order valence-corrected chi connectivity index (χ3v) is 1.83. The fraction of sp³-hybridized carbons (Fsp3) is 0.100. The molecular formula is C10H9NO5. The number of hydrogen-bond donors (Lipinski definition) is 1. The molecule has 6 heteroatoms. The van der Waals surface area contributed by atoms with E-state index >= 15 is 0 Å². The first kappa shape index (κ1) is 11.7. The molecule has 0 aliphatic rings. The average molecular weight is 223 g/mol. The Balaban J connectivity index is 2.98. The molecule has 0 radical (unpaired) electrons. The van der Waals surface area contributed by atoms with Crippen LogP contribution >= 0.6 is 0 Å². The zero-order chi connectivity index (χ0) is 12.1. The first-order chi connectivity index (χ1) is 7.54. The number of non-ortho nitro benzene ring substituents is 1. The number of carboxylic acid groups (broad SMARTS) is 1. The fourth-order valence-corrected chi connectivity index (χ4v) is 1.05. The molecule has 16 heavy (non-hydrogen) atoms. The Morgan fingerprint density at radius 2 is 2.00 bits per heavy atom. The van der Waals surface area contributed by atoms with Crippen LogP contribution in [-0.4, -0.2) is 23.1 Å². The number of nitro groups is 1. The van der Waals surface area contributed by atoms with Crippen LogP contribution in [0.25, 0.3) is 6.08 Å². The molecule has 0 aliphatic carbocycles. The smallest absolute Gasteiger partial charge is 0.371 e. The maximum Gasteiger partial charge on any atom is 0.371 e. The molecule has 0 atom stereocenters. The molecule has 0 saturated carbocycles. The van der Waals surface area contributed by atoms with Crippen molar-refractivity contribution in [1.29, 1.82) is 0 Å². The number of nitrogens with zero attached hydrogens (tertiary/aromatic N) is 1. The standard InChI is InChI=1S/C10H9NO5/c1-16-9(10(12)13)6-7-2-4-8(5-3-7)11(14)15/h2-6H,1H3,(H,12,13). The lowest BCUT2D eigenvalue weighted by atomic mass is 10.2. The van der Waals surface area contributed by atoms with Gasteiger partial charge in [-0.2, -0.15) is 0 Å². The summed E-state index contributed by atoms with van der Waals surface area (Å²) < 4.78 is 4.62. The molecule has 0 unspecified atom stereocenters. The Labute approximate surface area is 90.9 Å². The summed E-state index contributed by atoms with van der Waals surface area (Å²) in [7, 11) is 1.24. The molecular weight excluding hydrogens is 214 g/mol. The zero-order valence-electron chi connectivity index (χ0n) is 8.41. The summed E-state index contributed by atoms with van der Waals surface area (Å²) in [5.74, 6) is -1.42. The van der Waals surface area contributed by atoms with Crippen molar-refractivity contribution in [2.75, 3.05) is 7.11 Å². The number of methoxy groups -OCH3 is 1. The molecule has 0 amide bonds. The van der Waals surface area contributed by atoms with E-state index in [9.17, 15) is 14.9 Å². The number of carboxylic acids is 1. The first-order valence-corrected chi connectivity index (χ1v) is 4.28. The Bertz CT molecular complexity index is 435. The van der Waals surface area contributed by atoms with Crippen molar-refractivity contribution in [2.24, 2.45) is 0 Å². The van der Waals surface area contributed by atoms with E-state index in [2.05, 4.69) is 4.74 Å². The predicted octanol–water partition coefficient (Wildman–Crippen LogP) is 1.67. The van der Waals surface area contributed by atoms with Crippen molar-refractivity contribution >= 4 is 17.7 Å². The third kappa shape index (κ3) is 2.81. The predicted molar refractivity (Wildman–Crippen MR) is 55.7 cm³/mol. The van der Waals surface area contributed by atoms with Gasteiger partial charge in [-0.3, -0.25) is 10.1 Å². The van der Waals surface area contributed by atoms with Gasteiger partial charge in [0, 0.05) is 12.1 Å². The number of aliphatic carboxylic acids is 1. The molecule has 0 aromatic heterocycles. The second-order valence-corrected chi connectivity index (χ2v) is 2.87. The minimum absolute atomic E-state index is 0.0496. The van der Waals surface area contributed by atoms with Gasteiger partial charge in [-0.1, -0.05) is 0 Å². The van der Waals surface area contributed by atoms with E-state index in [4.69, 9.17) is 5.11 Å². The van der Waals surface area contributed by atoms with Crippen LogP contribution in [-0.2, 0) is 9.53 Å². The first-order valence-electron chi connectivity index (χ1n) is 4.28. The third-order valence-electron chi connectivity index (χ3n) is 1.83. The molecule has 1 N–H and O–H groups in total. The Kier molecular flexibility index (Phi) is 3.60. The number of carbonyl (C=O) groups is 1. The Morgan fingerprint density at radius 1 is 1.44 bits per heavy atom. The van der Waals surface area contributed by atoms with E-state index in [-0.39, 0.29) is 11.4 Å². The van der Waals surface area contributed by atoms with Gasteiger partial charge < -0.3 is 9.84 Å². The van der Waals surface area contributed by atoms with Gasteiger partial charge in [0.05, 0.1) is 12.0 Å². The van der Waals surface area contributed by atoms with Crippen molar-refractivity contribution in [2.45, 2.75) is 0 Å². The van der Waals surface area contributed by atoms with E-state index in [0.29, 0.717) is 5.56 Å². The second-order valence-electron chi connectivity index (χ2n) is 2.87. The topological polar surface area (TPSA) is 89.7 Å². The van der Waals surface area contributed by atoms with Gasteiger partial charge in [0.1, 0.15) is 0 Å². The van der Waals surface area contributed by atoms with Gasteiger partial charge in [0.2, 0.25) is 5.76 Å². The van der Waals surface area contributed by atoms with Crippen molar-refractivity contribution in [3.05, 3.63) is 45.7 Å². The Hall–Kier alpha value is -2.37. The van der Waals surface area contributed by atoms with Crippen molar-refractivity contribution in [3.8, 4) is 0 Å². The summed E-state index contributed by atoms with van der Waals surface area (Å²) in [6.45, 7) is 0. The highest BCUT2D eigenvalue weighted by atomic mass is 16.6. The summed E-state index contributed by atoms with van der Waals surface area (Å²) in [6, 6.07) is 5.47. The lowest BCUT2D eigenvalue weighted by molar-refractivity contribution is -0.384. The number of rotatable bonds is 4. The van der Waals surface area contributed by atoms with Crippen LogP contribution in [0, 0.1) is 10.1 Å². The number of benzene rings is 1. The van der Waals surface area contributed by atoms with Crippen LogP contribution < -0.4 is 0 Å². The summed E-state index contributed by atoms with van der Waals surface area (Å²) in [4.78, 5) is 20.5. The summed E-state index contributed by atoms with van der Waals surface area (Å²) >= 11 is 0. The normalized spacial score (nSPS) is 10.9. The monoisotopic (exact) mass is 223 g/mol. The van der Waals surface area contributed by atoms with Gasteiger partial charge >= 0.3 is 5.97 Å². The highest BCUT2D eigenvalue weighted by molar-refractivity contribution is 5.89. The fourth-order valence-electron chi connectivity index (χ4n) is 1.05. The largest absolute Gasteiger partial charge is 0.490 e. The SMILES string of the molecule is COC(=Cc1ccc([N+](=O)[O-])cc1)C(=O)O. The second kappa shape index (κ2) is 4.92. The number of ether oxygens (including phenoxy) is 1. The van der Waals surface area contributed by atoms with Gasteiger partial charge in [0.25, 0.3) is 5.69 Å². The summed E-state index contributed by atoms with van der Waals surface area (Å²) in [6.07, 6.45) is 1.28. The van der Waals surface area contributed by atoms with Gasteiger partial charge in [-0.15, -0.1) is 0 Å². The molecule has 84 valence electrons. The van der Waals surface area contributed by atoms with Crippen LogP contribution in [0.2, 0.25) is 0 Å². The minimum Gasteiger partial charge on any atom is -0.490 e. The molecule has 0 heterocycles.